The van der Waals surface area contributed by atoms with Crippen LogP contribution in [0.5, 0.6) is 5.75 Å². The van der Waals surface area contributed by atoms with Gasteiger partial charge in [0.1, 0.15) is 11.6 Å². The van der Waals surface area contributed by atoms with Crippen LogP contribution in [0.3, 0.4) is 0 Å². The van der Waals surface area contributed by atoms with Crippen LogP contribution in [0.1, 0.15) is 11.3 Å². The fourth-order valence-corrected chi connectivity index (χ4v) is 3.18. The first-order valence-corrected chi connectivity index (χ1v) is 9.10. The molecule has 0 aliphatic carbocycles. The number of benzene rings is 1. The Morgan fingerprint density at radius 1 is 1.22 bits per heavy atom. The van der Waals surface area contributed by atoms with Crippen molar-refractivity contribution in [3.05, 3.63) is 63.9 Å². The van der Waals surface area contributed by atoms with Crippen LogP contribution in [0.2, 0.25) is 10.0 Å². The molecule has 0 atom stereocenters. The molecule has 0 aliphatic heterocycles. The predicted molar refractivity (Wildman–Crippen MR) is 103 cm³/mol. The molecule has 1 N–H and O–H groups in total. The van der Waals surface area contributed by atoms with Gasteiger partial charge in [-0.3, -0.25) is 9.67 Å². The Morgan fingerprint density at radius 2 is 2.04 bits per heavy atom. The summed E-state index contributed by atoms with van der Waals surface area (Å²) in [6.07, 6.45) is 5.65. The minimum Gasteiger partial charge on any atom is -0.491 e. The highest BCUT2D eigenvalue weighted by Crippen LogP contribution is 2.29. The monoisotopic (exact) mass is 409 g/mol. The van der Waals surface area contributed by atoms with E-state index in [0.717, 1.165) is 16.8 Å². The summed E-state index contributed by atoms with van der Waals surface area (Å²) in [7, 11) is 0. The van der Waals surface area contributed by atoms with E-state index in [4.69, 9.17) is 33.0 Å². The molecule has 3 rings (SSSR count). The molecule has 8 heteroatoms. The Hall–Kier alpha value is -2.15. The van der Waals surface area contributed by atoms with Crippen molar-refractivity contribution in [3.8, 4) is 16.9 Å². The molecule has 0 spiro atoms. The van der Waals surface area contributed by atoms with Crippen LogP contribution in [0.4, 0.5) is 4.39 Å². The maximum atomic E-state index is 13.6. The summed E-state index contributed by atoms with van der Waals surface area (Å²) in [5.74, 6) is 0.113. The lowest BCUT2D eigenvalue weighted by molar-refractivity contribution is 0.269. The maximum Gasteiger partial charge on any atom is 0.142 e. The van der Waals surface area contributed by atoms with Gasteiger partial charge in [0.2, 0.25) is 0 Å². The molecule has 0 aliphatic rings. The minimum absolute atomic E-state index is 0.0194. The number of nitrogens with zero attached hydrogens (tertiary/aromatic N) is 3. The number of pyridine rings is 1. The molecule has 0 bridgehead atoms. The predicted octanol–water partition coefficient (Wildman–Crippen LogP) is 4.31. The molecule has 5 nitrogen and oxygen atoms in total. The third kappa shape index (κ3) is 4.58. The number of aryl methyl sites for hydroxylation is 1. The van der Waals surface area contributed by atoms with Gasteiger partial charge >= 0.3 is 0 Å². The molecular formula is C19H18Cl2FN3O2. The Balaban J connectivity index is 1.73. The number of rotatable bonds is 7. The summed E-state index contributed by atoms with van der Waals surface area (Å²) >= 11 is 12.1. The Kier molecular flexibility index (Phi) is 6.31. The summed E-state index contributed by atoms with van der Waals surface area (Å²) in [5.41, 5.74) is 2.97. The normalized spacial score (nSPS) is 11.0. The smallest absolute Gasteiger partial charge is 0.142 e. The Morgan fingerprint density at radius 3 is 2.81 bits per heavy atom. The molecule has 0 unspecified atom stereocenters. The minimum atomic E-state index is -0.504. The molecule has 0 fully saturated rings. The first-order chi connectivity index (χ1) is 13.0. The van der Waals surface area contributed by atoms with Crippen LogP contribution in [-0.4, -0.2) is 33.1 Å². The van der Waals surface area contributed by atoms with Crippen molar-refractivity contribution >= 4 is 23.2 Å². The fraction of sp³-hybridized carbons (Fsp3) is 0.263. The third-order valence-corrected chi connectivity index (χ3v) is 4.85. The van der Waals surface area contributed by atoms with E-state index < -0.39 is 5.82 Å². The molecule has 1 aromatic carbocycles. The first kappa shape index (κ1) is 19.6. The van der Waals surface area contributed by atoms with Crippen molar-refractivity contribution in [2.75, 3.05) is 13.2 Å². The molecule has 142 valence electrons. The standard InChI is InChI=1S/C19H18Cl2FN3O2/c1-12-18(27-7-4-15-16(20)2-3-17(22)19(15)21)8-13(9-23-12)14-10-24-25(11-14)5-6-26/h2-3,8-11,26H,4-7H2,1H3. The second-order valence-electron chi connectivity index (χ2n) is 5.94. The molecule has 0 saturated heterocycles. The van der Waals surface area contributed by atoms with E-state index in [9.17, 15) is 4.39 Å². The van der Waals surface area contributed by atoms with Gasteiger partial charge in [0, 0.05) is 35.0 Å². The van der Waals surface area contributed by atoms with E-state index in [2.05, 4.69) is 10.1 Å². The molecule has 0 amide bonds. The van der Waals surface area contributed by atoms with Gasteiger partial charge in [0.25, 0.3) is 0 Å². The lowest BCUT2D eigenvalue weighted by atomic mass is 10.1. The van der Waals surface area contributed by atoms with Crippen LogP contribution in [0, 0.1) is 12.7 Å². The quantitative estimate of drug-likeness (QED) is 0.590. The van der Waals surface area contributed by atoms with E-state index in [-0.39, 0.29) is 18.2 Å². The lowest BCUT2D eigenvalue weighted by Gasteiger charge is -2.12. The van der Waals surface area contributed by atoms with Crippen molar-refractivity contribution in [3.63, 3.8) is 0 Å². The zero-order chi connectivity index (χ0) is 19.4. The summed E-state index contributed by atoms with van der Waals surface area (Å²) in [4.78, 5) is 4.36. The summed E-state index contributed by atoms with van der Waals surface area (Å²) in [6, 6.07) is 4.59. The number of hydrogen-bond donors (Lipinski definition) is 1. The zero-order valence-corrected chi connectivity index (χ0v) is 16.1. The van der Waals surface area contributed by atoms with E-state index in [1.807, 2.05) is 19.2 Å². The van der Waals surface area contributed by atoms with Gasteiger partial charge in [0.05, 0.1) is 36.7 Å². The second kappa shape index (κ2) is 8.69. The van der Waals surface area contributed by atoms with Crippen LogP contribution in [0.15, 0.2) is 36.8 Å². The van der Waals surface area contributed by atoms with Gasteiger partial charge < -0.3 is 9.84 Å². The van der Waals surface area contributed by atoms with E-state index in [1.54, 1.807) is 17.1 Å². The second-order valence-corrected chi connectivity index (χ2v) is 6.73. The fourth-order valence-electron chi connectivity index (χ4n) is 2.62. The largest absolute Gasteiger partial charge is 0.491 e. The van der Waals surface area contributed by atoms with Gasteiger partial charge in [-0.05, 0) is 30.7 Å². The van der Waals surface area contributed by atoms with E-state index >= 15 is 0 Å². The average Bonchev–Trinajstić information content (AvgIpc) is 3.11. The summed E-state index contributed by atoms with van der Waals surface area (Å²) in [5, 5.41) is 13.6. The molecule has 0 saturated carbocycles. The number of aliphatic hydroxyl groups excluding tert-OH is 1. The van der Waals surface area contributed by atoms with E-state index in [0.29, 0.717) is 29.3 Å². The third-order valence-electron chi connectivity index (χ3n) is 4.08. The highest BCUT2D eigenvalue weighted by Gasteiger charge is 2.12. The number of aliphatic hydroxyl groups is 1. The highest BCUT2D eigenvalue weighted by molar-refractivity contribution is 6.36. The molecule has 0 radical (unpaired) electrons. The maximum absolute atomic E-state index is 13.6. The SMILES string of the molecule is Cc1ncc(-c2cnn(CCO)c2)cc1OCCc1c(Cl)ccc(F)c1Cl. The van der Waals surface area contributed by atoms with Crippen LogP contribution < -0.4 is 4.74 Å². The van der Waals surface area contributed by atoms with Crippen LogP contribution in [-0.2, 0) is 13.0 Å². The summed E-state index contributed by atoms with van der Waals surface area (Å²) in [6.45, 7) is 2.57. The number of ether oxygens (including phenoxy) is 1. The van der Waals surface area contributed by atoms with Gasteiger partial charge in [-0.2, -0.15) is 5.10 Å². The molecule has 2 aromatic heterocycles. The van der Waals surface area contributed by atoms with Gasteiger partial charge in [0.15, 0.2) is 0 Å². The molecule has 3 aromatic rings. The van der Waals surface area contributed by atoms with Crippen LogP contribution >= 0.6 is 23.2 Å². The van der Waals surface area contributed by atoms with Crippen molar-refractivity contribution in [2.24, 2.45) is 0 Å². The van der Waals surface area contributed by atoms with Gasteiger partial charge in [-0.1, -0.05) is 23.2 Å². The Labute approximate surface area is 166 Å². The Bertz CT molecular complexity index is 947. The van der Waals surface area contributed by atoms with Crippen molar-refractivity contribution in [1.82, 2.24) is 14.8 Å². The zero-order valence-electron chi connectivity index (χ0n) is 14.6. The number of hydrogen-bond acceptors (Lipinski definition) is 4. The van der Waals surface area contributed by atoms with Crippen molar-refractivity contribution < 1.29 is 14.2 Å². The molecule has 2 heterocycles. The van der Waals surface area contributed by atoms with Crippen LogP contribution in [0.25, 0.3) is 11.1 Å². The van der Waals surface area contributed by atoms with Gasteiger partial charge in [-0.15, -0.1) is 0 Å². The number of halogens is 3. The average molecular weight is 410 g/mol. The van der Waals surface area contributed by atoms with Crippen molar-refractivity contribution in [2.45, 2.75) is 19.9 Å². The topological polar surface area (TPSA) is 60.2 Å². The summed E-state index contributed by atoms with van der Waals surface area (Å²) < 4.78 is 21.1. The molecule has 27 heavy (non-hydrogen) atoms. The van der Waals surface area contributed by atoms with Crippen molar-refractivity contribution in [1.29, 1.82) is 0 Å². The van der Waals surface area contributed by atoms with E-state index in [1.165, 1.54) is 12.1 Å². The lowest BCUT2D eigenvalue weighted by Crippen LogP contribution is -2.05. The number of aromatic nitrogens is 3. The highest BCUT2D eigenvalue weighted by atomic mass is 35.5. The molecular weight excluding hydrogens is 392 g/mol. The van der Waals surface area contributed by atoms with Gasteiger partial charge in [-0.25, -0.2) is 4.39 Å². The first-order valence-electron chi connectivity index (χ1n) is 8.35.